The maximum Gasteiger partial charge on any atom is 0.134 e. The molecule has 1 unspecified atom stereocenters. The van der Waals surface area contributed by atoms with Gasteiger partial charge < -0.3 is 9.52 Å². The number of hydrogen-bond donors (Lipinski definition) is 1. The molecule has 0 spiro atoms. The molecule has 0 aliphatic heterocycles. The highest BCUT2D eigenvalue weighted by molar-refractivity contribution is 5.81. The van der Waals surface area contributed by atoms with Gasteiger partial charge in [-0.15, -0.1) is 0 Å². The van der Waals surface area contributed by atoms with Gasteiger partial charge in [-0.2, -0.15) is 0 Å². The van der Waals surface area contributed by atoms with Crippen LogP contribution in [0.2, 0.25) is 0 Å². The Labute approximate surface area is 110 Å². The molecule has 3 rings (SSSR count). The molecule has 96 valence electrons. The summed E-state index contributed by atoms with van der Waals surface area (Å²) in [5.74, 6) is -0.300. The fourth-order valence-electron chi connectivity index (χ4n) is 2.32. The summed E-state index contributed by atoms with van der Waals surface area (Å²) >= 11 is 0. The van der Waals surface area contributed by atoms with Crippen LogP contribution in [0.4, 0.5) is 4.39 Å². The molecule has 0 saturated carbocycles. The number of benzene rings is 2. The number of para-hydroxylation sites is 1. The molecule has 0 radical (unpaired) electrons. The smallest absolute Gasteiger partial charge is 0.134 e. The highest BCUT2D eigenvalue weighted by Gasteiger charge is 2.18. The molecule has 1 heterocycles. The van der Waals surface area contributed by atoms with Crippen LogP contribution < -0.4 is 0 Å². The molecule has 3 heteroatoms. The Hall–Kier alpha value is -2.13. The predicted octanol–water partition coefficient (Wildman–Crippen LogP) is 3.96. The minimum Gasteiger partial charge on any atom is -0.464 e. The Bertz CT molecular complexity index is 730. The minimum absolute atomic E-state index is 0.300. The average molecular weight is 256 g/mol. The fourth-order valence-corrected chi connectivity index (χ4v) is 2.32. The first kappa shape index (κ1) is 11.9. The molecule has 1 atom stereocenters. The highest BCUT2D eigenvalue weighted by Crippen LogP contribution is 2.31. The van der Waals surface area contributed by atoms with Crippen molar-refractivity contribution in [3.8, 4) is 0 Å². The summed E-state index contributed by atoms with van der Waals surface area (Å²) in [5.41, 5.74) is 2.84. The molecular formula is C16H13FO2. The van der Waals surface area contributed by atoms with E-state index in [0.29, 0.717) is 11.1 Å². The predicted molar refractivity (Wildman–Crippen MR) is 71.4 cm³/mol. The molecule has 0 bridgehead atoms. The average Bonchev–Trinajstić information content (AvgIpc) is 2.82. The maximum atomic E-state index is 13.1. The lowest BCUT2D eigenvalue weighted by Crippen LogP contribution is -2.01. The molecule has 2 nitrogen and oxygen atoms in total. The van der Waals surface area contributed by atoms with Crippen molar-refractivity contribution < 1.29 is 13.9 Å². The molecule has 19 heavy (non-hydrogen) atoms. The van der Waals surface area contributed by atoms with E-state index in [1.54, 1.807) is 19.3 Å². The van der Waals surface area contributed by atoms with Gasteiger partial charge in [-0.3, -0.25) is 0 Å². The van der Waals surface area contributed by atoms with Crippen molar-refractivity contribution in [3.05, 3.63) is 71.2 Å². The number of rotatable bonds is 2. The quantitative estimate of drug-likeness (QED) is 0.752. The van der Waals surface area contributed by atoms with Gasteiger partial charge in [-0.25, -0.2) is 4.39 Å². The summed E-state index contributed by atoms with van der Waals surface area (Å²) in [4.78, 5) is 0. The molecule has 0 fully saturated rings. The van der Waals surface area contributed by atoms with Crippen molar-refractivity contribution >= 4 is 11.0 Å². The lowest BCUT2D eigenvalue weighted by Gasteiger charge is -2.12. The van der Waals surface area contributed by atoms with Gasteiger partial charge >= 0.3 is 0 Å². The van der Waals surface area contributed by atoms with Crippen molar-refractivity contribution in [2.45, 2.75) is 13.0 Å². The van der Waals surface area contributed by atoms with Crippen molar-refractivity contribution in [1.82, 2.24) is 0 Å². The van der Waals surface area contributed by atoms with Crippen LogP contribution in [0.3, 0.4) is 0 Å². The normalized spacial score (nSPS) is 12.8. The summed E-state index contributed by atoms with van der Waals surface area (Å²) in [6.07, 6.45) is 0.738. The number of furan rings is 1. The SMILES string of the molecule is Cc1cc(F)ccc1C(O)c1coc2ccccc12. The van der Waals surface area contributed by atoms with Gasteiger partial charge in [0, 0.05) is 10.9 Å². The van der Waals surface area contributed by atoms with E-state index in [2.05, 4.69) is 0 Å². The van der Waals surface area contributed by atoms with Gasteiger partial charge in [-0.1, -0.05) is 24.3 Å². The Morgan fingerprint density at radius 3 is 2.68 bits per heavy atom. The number of aliphatic hydroxyl groups excluding tert-OH is 1. The third kappa shape index (κ3) is 2.02. The Balaban J connectivity index is 2.10. The Morgan fingerprint density at radius 1 is 1.11 bits per heavy atom. The third-order valence-corrected chi connectivity index (χ3v) is 3.33. The number of aliphatic hydroxyl groups is 1. The molecule has 0 aliphatic rings. The molecule has 0 amide bonds. The number of halogens is 1. The molecule has 0 saturated heterocycles. The topological polar surface area (TPSA) is 33.4 Å². The van der Waals surface area contributed by atoms with Crippen molar-refractivity contribution in [2.75, 3.05) is 0 Å². The summed E-state index contributed by atoms with van der Waals surface area (Å²) in [6, 6.07) is 11.9. The number of hydrogen-bond acceptors (Lipinski definition) is 2. The van der Waals surface area contributed by atoms with E-state index in [4.69, 9.17) is 4.42 Å². The summed E-state index contributed by atoms with van der Waals surface area (Å²) in [6.45, 7) is 1.78. The van der Waals surface area contributed by atoms with E-state index in [1.165, 1.54) is 12.1 Å². The largest absolute Gasteiger partial charge is 0.464 e. The van der Waals surface area contributed by atoms with Gasteiger partial charge in [0.1, 0.15) is 17.5 Å². The third-order valence-electron chi connectivity index (χ3n) is 3.33. The van der Waals surface area contributed by atoms with Crippen LogP contribution in [-0.2, 0) is 0 Å². The maximum absolute atomic E-state index is 13.1. The Kier molecular flexibility index (Phi) is 2.84. The number of aryl methyl sites for hydroxylation is 1. The van der Waals surface area contributed by atoms with Gasteiger partial charge in [0.2, 0.25) is 0 Å². The van der Waals surface area contributed by atoms with E-state index >= 15 is 0 Å². The van der Waals surface area contributed by atoms with Crippen molar-refractivity contribution in [3.63, 3.8) is 0 Å². The monoisotopic (exact) mass is 256 g/mol. The first-order chi connectivity index (χ1) is 9.16. The summed E-state index contributed by atoms with van der Waals surface area (Å²) in [7, 11) is 0. The highest BCUT2D eigenvalue weighted by atomic mass is 19.1. The first-order valence-electron chi connectivity index (χ1n) is 6.07. The zero-order valence-corrected chi connectivity index (χ0v) is 10.4. The van der Waals surface area contributed by atoms with Crippen LogP contribution in [0.1, 0.15) is 22.8 Å². The van der Waals surface area contributed by atoms with E-state index in [1.807, 2.05) is 24.3 Å². The standard InChI is InChI=1S/C16H13FO2/c1-10-8-11(17)6-7-12(10)16(18)14-9-19-15-5-3-2-4-13(14)15/h2-9,16,18H,1H3. The zero-order chi connectivity index (χ0) is 13.4. The lowest BCUT2D eigenvalue weighted by molar-refractivity contribution is 0.219. The summed E-state index contributed by atoms with van der Waals surface area (Å²) in [5, 5.41) is 11.3. The molecule has 1 aromatic heterocycles. The molecule has 1 N–H and O–H groups in total. The van der Waals surface area contributed by atoms with E-state index in [0.717, 1.165) is 16.5 Å². The van der Waals surface area contributed by atoms with Crippen LogP contribution in [0.15, 0.2) is 53.1 Å². The van der Waals surface area contributed by atoms with Crippen LogP contribution in [0.5, 0.6) is 0 Å². The second kappa shape index (κ2) is 4.52. The van der Waals surface area contributed by atoms with Crippen LogP contribution >= 0.6 is 0 Å². The lowest BCUT2D eigenvalue weighted by atomic mass is 9.97. The minimum atomic E-state index is -0.816. The Morgan fingerprint density at radius 2 is 1.89 bits per heavy atom. The van der Waals surface area contributed by atoms with Crippen LogP contribution in [0, 0.1) is 12.7 Å². The van der Waals surface area contributed by atoms with Crippen molar-refractivity contribution in [1.29, 1.82) is 0 Å². The molecule has 3 aromatic rings. The first-order valence-corrected chi connectivity index (χ1v) is 6.07. The zero-order valence-electron chi connectivity index (χ0n) is 10.4. The second-order valence-corrected chi connectivity index (χ2v) is 4.59. The van der Waals surface area contributed by atoms with Gasteiger partial charge in [-0.05, 0) is 36.2 Å². The van der Waals surface area contributed by atoms with Gasteiger partial charge in [0.25, 0.3) is 0 Å². The molecule has 2 aromatic carbocycles. The van der Waals surface area contributed by atoms with E-state index in [-0.39, 0.29) is 5.82 Å². The van der Waals surface area contributed by atoms with Gasteiger partial charge in [0.15, 0.2) is 0 Å². The van der Waals surface area contributed by atoms with E-state index in [9.17, 15) is 9.50 Å². The van der Waals surface area contributed by atoms with Crippen LogP contribution in [0.25, 0.3) is 11.0 Å². The fraction of sp³-hybridized carbons (Fsp3) is 0.125. The van der Waals surface area contributed by atoms with Crippen LogP contribution in [-0.4, -0.2) is 5.11 Å². The molecule has 0 aliphatic carbocycles. The second-order valence-electron chi connectivity index (χ2n) is 4.59. The molecular weight excluding hydrogens is 243 g/mol. The van der Waals surface area contributed by atoms with Gasteiger partial charge in [0.05, 0.1) is 6.26 Å². The number of fused-ring (bicyclic) bond motifs is 1. The van der Waals surface area contributed by atoms with E-state index < -0.39 is 6.10 Å². The summed E-state index contributed by atoms with van der Waals surface area (Å²) < 4.78 is 18.5. The van der Waals surface area contributed by atoms with Crippen molar-refractivity contribution in [2.24, 2.45) is 0 Å².